The third kappa shape index (κ3) is 1.99. The highest BCUT2D eigenvalue weighted by Crippen LogP contribution is 2.14. The fourth-order valence-corrected chi connectivity index (χ4v) is 1.60. The molecular formula is C11H13N3S. The first kappa shape index (κ1) is 10.1. The molecule has 0 aliphatic rings. The van der Waals surface area contributed by atoms with Crippen LogP contribution < -0.4 is 5.73 Å². The van der Waals surface area contributed by atoms with Crippen molar-refractivity contribution in [3.05, 3.63) is 30.5 Å². The highest BCUT2D eigenvalue weighted by atomic mass is 32.1. The van der Waals surface area contributed by atoms with Crippen molar-refractivity contribution >= 4 is 28.1 Å². The van der Waals surface area contributed by atoms with Gasteiger partial charge in [-0.2, -0.15) is 5.10 Å². The predicted molar refractivity (Wildman–Crippen MR) is 65.7 cm³/mol. The Bertz CT molecular complexity index is 489. The van der Waals surface area contributed by atoms with E-state index in [-0.39, 0.29) is 5.92 Å². The molecule has 2 N–H and O–H groups in total. The molecule has 3 nitrogen and oxygen atoms in total. The fourth-order valence-electron chi connectivity index (χ4n) is 1.52. The number of fused-ring (bicyclic) bond motifs is 1. The van der Waals surface area contributed by atoms with Gasteiger partial charge in [-0.1, -0.05) is 37.3 Å². The van der Waals surface area contributed by atoms with E-state index >= 15 is 0 Å². The van der Waals surface area contributed by atoms with Gasteiger partial charge >= 0.3 is 0 Å². The zero-order valence-corrected chi connectivity index (χ0v) is 9.37. The quantitative estimate of drug-likeness (QED) is 0.802. The van der Waals surface area contributed by atoms with Gasteiger partial charge in [0.25, 0.3) is 0 Å². The molecule has 0 saturated carbocycles. The van der Waals surface area contributed by atoms with Crippen LogP contribution in [0.25, 0.3) is 10.9 Å². The molecule has 0 radical (unpaired) electrons. The topological polar surface area (TPSA) is 43.8 Å². The fraction of sp³-hybridized carbons (Fsp3) is 0.273. The molecule has 0 amide bonds. The van der Waals surface area contributed by atoms with E-state index in [0.29, 0.717) is 4.99 Å². The Hall–Kier alpha value is -1.42. The highest BCUT2D eigenvalue weighted by molar-refractivity contribution is 7.80. The number of benzene rings is 1. The second-order valence-corrected chi connectivity index (χ2v) is 4.16. The van der Waals surface area contributed by atoms with Gasteiger partial charge in [-0.25, -0.2) is 0 Å². The lowest BCUT2D eigenvalue weighted by atomic mass is 10.2. The van der Waals surface area contributed by atoms with E-state index in [4.69, 9.17) is 18.0 Å². The van der Waals surface area contributed by atoms with Crippen molar-refractivity contribution in [2.45, 2.75) is 13.5 Å². The van der Waals surface area contributed by atoms with Gasteiger partial charge in [-0.05, 0) is 6.07 Å². The number of nitrogens with two attached hydrogens (primary N) is 1. The highest BCUT2D eigenvalue weighted by Gasteiger charge is 2.08. The summed E-state index contributed by atoms with van der Waals surface area (Å²) < 4.78 is 1.94. The summed E-state index contributed by atoms with van der Waals surface area (Å²) in [6.45, 7) is 2.75. The summed E-state index contributed by atoms with van der Waals surface area (Å²) in [7, 11) is 0. The van der Waals surface area contributed by atoms with Gasteiger partial charge in [0.1, 0.15) is 0 Å². The Morgan fingerprint density at radius 3 is 3.00 bits per heavy atom. The molecule has 2 aromatic rings. The molecule has 1 atom stereocenters. The Morgan fingerprint density at radius 2 is 2.27 bits per heavy atom. The zero-order chi connectivity index (χ0) is 10.8. The Labute approximate surface area is 93.9 Å². The van der Waals surface area contributed by atoms with Gasteiger partial charge < -0.3 is 5.73 Å². The van der Waals surface area contributed by atoms with Gasteiger partial charge in [0.2, 0.25) is 0 Å². The molecule has 0 spiro atoms. The van der Waals surface area contributed by atoms with Crippen LogP contribution >= 0.6 is 12.2 Å². The summed E-state index contributed by atoms with van der Waals surface area (Å²) >= 11 is 4.95. The van der Waals surface area contributed by atoms with E-state index in [1.165, 1.54) is 0 Å². The molecule has 0 aliphatic heterocycles. The van der Waals surface area contributed by atoms with Crippen LogP contribution in [0.4, 0.5) is 0 Å². The van der Waals surface area contributed by atoms with Crippen molar-refractivity contribution < 1.29 is 0 Å². The molecule has 4 heteroatoms. The van der Waals surface area contributed by atoms with Gasteiger partial charge in [-0.3, -0.25) is 4.68 Å². The molecule has 1 aromatic heterocycles. The van der Waals surface area contributed by atoms with Crippen LogP contribution in [0.1, 0.15) is 6.92 Å². The van der Waals surface area contributed by atoms with E-state index in [9.17, 15) is 0 Å². The van der Waals surface area contributed by atoms with E-state index < -0.39 is 0 Å². The van der Waals surface area contributed by atoms with Crippen LogP contribution in [-0.4, -0.2) is 14.8 Å². The number of thiocarbonyl (C=S) groups is 1. The van der Waals surface area contributed by atoms with Gasteiger partial charge in [-0.15, -0.1) is 0 Å². The number of para-hydroxylation sites is 1. The molecule has 15 heavy (non-hydrogen) atoms. The molecule has 0 fully saturated rings. The van der Waals surface area contributed by atoms with Crippen molar-refractivity contribution in [1.29, 1.82) is 0 Å². The lowest BCUT2D eigenvalue weighted by Gasteiger charge is -2.10. The molecule has 78 valence electrons. The summed E-state index contributed by atoms with van der Waals surface area (Å²) in [6, 6.07) is 8.11. The average molecular weight is 219 g/mol. The van der Waals surface area contributed by atoms with Crippen molar-refractivity contribution in [3.63, 3.8) is 0 Å². The third-order valence-corrected chi connectivity index (χ3v) is 2.89. The van der Waals surface area contributed by atoms with E-state index in [1.54, 1.807) is 0 Å². The van der Waals surface area contributed by atoms with E-state index in [2.05, 4.69) is 11.2 Å². The maximum absolute atomic E-state index is 5.59. The van der Waals surface area contributed by atoms with Crippen LogP contribution in [0, 0.1) is 5.92 Å². The maximum Gasteiger partial charge on any atom is 0.0774 e. The number of nitrogens with zero attached hydrogens (tertiary/aromatic N) is 2. The summed E-state index contributed by atoms with van der Waals surface area (Å²) in [4.78, 5) is 0.537. The number of aromatic nitrogens is 2. The first-order chi connectivity index (χ1) is 7.18. The molecule has 1 unspecified atom stereocenters. The lowest BCUT2D eigenvalue weighted by molar-refractivity contribution is 0.558. The number of hydrogen-bond acceptors (Lipinski definition) is 2. The van der Waals surface area contributed by atoms with Gasteiger partial charge in [0.05, 0.1) is 23.2 Å². The van der Waals surface area contributed by atoms with Crippen molar-refractivity contribution in [2.75, 3.05) is 0 Å². The molecule has 1 aromatic carbocycles. The lowest BCUT2D eigenvalue weighted by Crippen LogP contribution is -2.23. The van der Waals surface area contributed by atoms with Crippen molar-refractivity contribution in [3.8, 4) is 0 Å². The molecule has 0 aliphatic carbocycles. The minimum absolute atomic E-state index is 0.170. The molecule has 1 heterocycles. The monoisotopic (exact) mass is 219 g/mol. The minimum atomic E-state index is 0.170. The standard InChI is InChI=1S/C11H13N3S/c1-8(11(12)15)7-14-10-5-3-2-4-9(10)6-13-14/h2-6,8H,7H2,1H3,(H2,12,15). The van der Waals surface area contributed by atoms with Gasteiger partial charge in [0.15, 0.2) is 0 Å². The number of hydrogen-bond donors (Lipinski definition) is 1. The zero-order valence-electron chi connectivity index (χ0n) is 8.55. The van der Waals surface area contributed by atoms with Crippen LogP contribution in [0.3, 0.4) is 0 Å². The first-order valence-electron chi connectivity index (χ1n) is 4.88. The van der Waals surface area contributed by atoms with Crippen LogP contribution in [0.2, 0.25) is 0 Å². The normalized spacial score (nSPS) is 12.9. The third-order valence-electron chi connectivity index (χ3n) is 2.48. The molecule has 2 rings (SSSR count). The molecule has 0 bridgehead atoms. The van der Waals surface area contributed by atoms with E-state index in [0.717, 1.165) is 17.4 Å². The van der Waals surface area contributed by atoms with E-state index in [1.807, 2.05) is 36.0 Å². The minimum Gasteiger partial charge on any atom is -0.393 e. The smallest absolute Gasteiger partial charge is 0.0774 e. The average Bonchev–Trinajstić information content (AvgIpc) is 2.62. The second kappa shape index (κ2) is 3.98. The Balaban J connectivity index is 2.32. The molecule has 0 saturated heterocycles. The van der Waals surface area contributed by atoms with Crippen molar-refractivity contribution in [2.24, 2.45) is 11.7 Å². The van der Waals surface area contributed by atoms with Crippen molar-refractivity contribution in [1.82, 2.24) is 9.78 Å². The summed E-state index contributed by atoms with van der Waals surface area (Å²) in [5.74, 6) is 0.170. The first-order valence-corrected chi connectivity index (χ1v) is 5.29. The van der Waals surface area contributed by atoms with Gasteiger partial charge in [0, 0.05) is 11.3 Å². The Morgan fingerprint density at radius 1 is 1.53 bits per heavy atom. The largest absolute Gasteiger partial charge is 0.393 e. The van der Waals surface area contributed by atoms with Crippen LogP contribution in [-0.2, 0) is 6.54 Å². The summed E-state index contributed by atoms with van der Waals surface area (Å²) in [5.41, 5.74) is 6.71. The maximum atomic E-state index is 5.59. The predicted octanol–water partition coefficient (Wildman–Crippen LogP) is 1.96. The SMILES string of the molecule is CC(Cn1ncc2ccccc21)C(N)=S. The Kier molecular flexibility index (Phi) is 2.68. The summed E-state index contributed by atoms with van der Waals surface area (Å²) in [5, 5.41) is 5.47. The summed E-state index contributed by atoms with van der Waals surface area (Å²) in [6.07, 6.45) is 1.86. The molecular weight excluding hydrogens is 206 g/mol. The van der Waals surface area contributed by atoms with Crippen LogP contribution in [0.15, 0.2) is 30.5 Å². The van der Waals surface area contributed by atoms with Crippen LogP contribution in [0.5, 0.6) is 0 Å². The number of rotatable bonds is 3. The second-order valence-electron chi connectivity index (χ2n) is 3.69.